The minimum atomic E-state index is -0.362. The number of rotatable bonds is 5. The number of benzene rings is 1. The lowest BCUT2D eigenvalue weighted by atomic mass is 10.0. The standard InChI is InChI=1S/C18H25N3O2/c1-13-5-3-4-6-15(13)16(19-2)12-21(14-7-8-14)18(22)17-11-20-9-10-23-17/h3-6,14,17,20H,7-12H2,1-2H3/t17-/m1/s1. The zero-order chi connectivity index (χ0) is 16.2. The number of hydrogen-bond acceptors (Lipinski definition) is 4. The van der Waals surface area contributed by atoms with Crippen LogP contribution in [0.5, 0.6) is 0 Å². The van der Waals surface area contributed by atoms with E-state index in [1.54, 1.807) is 7.05 Å². The Balaban J connectivity index is 1.76. The molecule has 1 aromatic carbocycles. The Morgan fingerprint density at radius 3 is 2.78 bits per heavy atom. The zero-order valence-electron chi connectivity index (χ0n) is 13.9. The fourth-order valence-corrected chi connectivity index (χ4v) is 3.02. The van der Waals surface area contributed by atoms with Crippen LogP contribution in [0, 0.1) is 6.92 Å². The molecule has 0 spiro atoms. The molecule has 0 bridgehead atoms. The molecule has 3 rings (SSSR count). The minimum absolute atomic E-state index is 0.0921. The molecule has 1 atom stereocenters. The van der Waals surface area contributed by atoms with Crippen molar-refractivity contribution in [1.29, 1.82) is 0 Å². The van der Waals surface area contributed by atoms with Crippen LogP contribution in [0.3, 0.4) is 0 Å². The second kappa shape index (κ2) is 7.23. The first-order valence-corrected chi connectivity index (χ1v) is 8.35. The van der Waals surface area contributed by atoms with Gasteiger partial charge in [0.1, 0.15) is 6.10 Å². The summed E-state index contributed by atoms with van der Waals surface area (Å²) in [5.41, 5.74) is 3.27. The Bertz CT molecular complexity index is 590. The van der Waals surface area contributed by atoms with E-state index < -0.39 is 0 Å². The van der Waals surface area contributed by atoms with Crippen LogP contribution in [0.25, 0.3) is 0 Å². The topological polar surface area (TPSA) is 53.9 Å². The number of carbonyl (C=O) groups excluding carboxylic acids is 1. The van der Waals surface area contributed by atoms with Gasteiger partial charge in [-0.05, 0) is 25.3 Å². The molecule has 5 heteroatoms. The number of morpholine rings is 1. The van der Waals surface area contributed by atoms with Crippen molar-refractivity contribution in [3.63, 3.8) is 0 Å². The van der Waals surface area contributed by atoms with Gasteiger partial charge in [0.15, 0.2) is 0 Å². The summed E-state index contributed by atoms with van der Waals surface area (Å²) < 4.78 is 5.65. The molecule has 1 saturated heterocycles. The molecule has 0 radical (unpaired) electrons. The molecule has 1 aromatic rings. The smallest absolute Gasteiger partial charge is 0.253 e. The highest BCUT2D eigenvalue weighted by Gasteiger charge is 2.37. The highest BCUT2D eigenvalue weighted by atomic mass is 16.5. The van der Waals surface area contributed by atoms with Crippen LogP contribution in [0.15, 0.2) is 29.3 Å². The lowest BCUT2D eigenvalue weighted by molar-refractivity contribution is -0.145. The molecule has 1 heterocycles. The molecule has 124 valence electrons. The van der Waals surface area contributed by atoms with Gasteiger partial charge in [-0.25, -0.2) is 0 Å². The first-order valence-electron chi connectivity index (χ1n) is 8.35. The third-order valence-electron chi connectivity index (χ3n) is 4.52. The highest BCUT2D eigenvalue weighted by molar-refractivity contribution is 6.04. The van der Waals surface area contributed by atoms with E-state index in [1.165, 1.54) is 5.56 Å². The maximum atomic E-state index is 12.9. The van der Waals surface area contributed by atoms with E-state index in [2.05, 4.69) is 29.4 Å². The number of amides is 1. The summed E-state index contributed by atoms with van der Waals surface area (Å²) >= 11 is 0. The summed E-state index contributed by atoms with van der Waals surface area (Å²) in [6.45, 7) is 4.66. The molecule has 2 aliphatic rings. The fourth-order valence-electron chi connectivity index (χ4n) is 3.02. The van der Waals surface area contributed by atoms with Crippen molar-refractivity contribution >= 4 is 11.6 Å². The molecular weight excluding hydrogens is 290 g/mol. The molecular formula is C18H25N3O2. The van der Waals surface area contributed by atoms with E-state index in [0.717, 1.165) is 30.7 Å². The van der Waals surface area contributed by atoms with Crippen LogP contribution in [-0.4, -0.2) is 62.0 Å². The molecule has 0 unspecified atom stereocenters. The quantitative estimate of drug-likeness (QED) is 0.836. The highest BCUT2D eigenvalue weighted by Crippen LogP contribution is 2.28. The first-order chi connectivity index (χ1) is 11.2. The predicted octanol–water partition coefficient (Wildman–Crippen LogP) is 1.39. The Kier molecular flexibility index (Phi) is 5.08. The number of aliphatic imine (C=N–C) groups is 1. The summed E-state index contributed by atoms with van der Waals surface area (Å²) in [7, 11) is 1.80. The van der Waals surface area contributed by atoms with Crippen molar-refractivity contribution in [3.8, 4) is 0 Å². The molecule has 5 nitrogen and oxygen atoms in total. The molecule has 0 aromatic heterocycles. The van der Waals surface area contributed by atoms with Crippen LogP contribution in [0.2, 0.25) is 0 Å². The van der Waals surface area contributed by atoms with E-state index in [1.807, 2.05) is 17.0 Å². The second-order valence-corrected chi connectivity index (χ2v) is 6.25. The number of nitrogens with one attached hydrogen (secondary N) is 1. The molecule has 1 aliphatic heterocycles. The van der Waals surface area contributed by atoms with Crippen LogP contribution in [-0.2, 0) is 9.53 Å². The summed E-state index contributed by atoms with van der Waals surface area (Å²) in [6.07, 6.45) is 1.80. The van der Waals surface area contributed by atoms with Gasteiger partial charge in [0.2, 0.25) is 0 Å². The largest absolute Gasteiger partial charge is 0.366 e. The van der Waals surface area contributed by atoms with Crippen molar-refractivity contribution < 1.29 is 9.53 Å². The van der Waals surface area contributed by atoms with Crippen molar-refractivity contribution in [2.75, 3.05) is 33.3 Å². The van der Waals surface area contributed by atoms with Gasteiger partial charge in [0, 0.05) is 31.7 Å². The number of carbonyl (C=O) groups is 1. The maximum absolute atomic E-state index is 12.9. The van der Waals surface area contributed by atoms with Gasteiger partial charge in [-0.1, -0.05) is 24.3 Å². The zero-order valence-corrected chi connectivity index (χ0v) is 13.9. The summed E-state index contributed by atoms with van der Waals surface area (Å²) in [5.74, 6) is 0.0921. The summed E-state index contributed by atoms with van der Waals surface area (Å²) in [6, 6.07) is 8.54. The molecule has 1 saturated carbocycles. The van der Waals surface area contributed by atoms with Gasteiger partial charge < -0.3 is 15.0 Å². The van der Waals surface area contributed by atoms with Gasteiger partial charge in [-0.2, -0.15) is 0 Å². The number of aryl methyl sites for hydroxylation is 1. The van der Waals surface area contributed by atoms with Crippen molar-refractivity contribution in [2.45, 2.75) is 31.9 Å². The average Bonchev–Trinajstić information content (AvgIpc) is 3.42. The van der Waals surface area contributed by atoms with Gasteiger partial charge in [0.25, 0.3) is 5.91 Å². The maximum Gasteiger partial charge on any atom is 0.253 e. The Morgan fingerprint density at radius 1 is 1.39 bits per heavy atom. The van der Waals surface area contributed by atoms with E-state index in [9.17, 15) is 4.79 Å². The molecule has 1 amide bonds. The van der Waals surface area contributed by atoms with Crippen LogP contribution in [0.4, 0.5) is 0 Å². The lowest BCUT2D eigenvalue weighted by Crippen LogP contribution is -2.51. The molecule has 23 heavy (non-hydrogen) atoms. The van der Waals surface area contributed by atoms with Gasteiger partial charge in [-0.3, -0.25) is 9.79 Å². The average molecular weight is 315 g/mol. The van der Waals surface area contributed by atoms with E-state index >= 15 is 0 Å². The van der Waals surface area contributed by atoms with Crippen LogP contribution < -0.4 is 5.32 Å². The SMILES string of the molecule is CN=C(CN(C(=O)[C@H]1CNCCO1)C1CC1)c1ccccc1C. The second-order valence-electron chi connectivity index (χ2n) is 6.25. The van der Waals surface area contributed by atoms with Crippen LogP contribution >= 0.6 is 0 Å². The van der Waals surface area contributed by atoms with E-state index in [0.29, 0.717) is 25.7 Å². The fraction of sp³-hybridized carbons (Fsp3) is 0.556. The Labute approximate surface area is 137 Å². The molecule has 1 aliphatic carbocycles. The first kappa shape index (κ1) is 16.1. The van der Waals surface area contributed by atoms with Gasteiger partial charge in [0.05, 0.1) is 18.9 Å². The number of hydrogen-bond donors (Lipinski definition) is 1. The normalized spacial score (nSPS) is 22.0. The Hall–Kier alpha value is -1.72. The van der Waals surface area contributed by atoms with E-state index in [4.69, 9.17) is 4.74 Å². The third-order valence-corrected chi connectivity index (χ3v) is 4.52. The minimum Gasteiger partial charge on any atom is -0.366 e. The number of nitrogens with zero attached hydrogens (tertiary/aromatic N) is 2. The Morgan fingerprint density at radius 2 is 2.17 bits per heavy atom. The predicted molar refractivity (Wildman–Crippen MR) is 91.0 cm³/mol. The van der Waals surface area contributed by atoms with Crippen molar-refractivity contribution in [1.82, 2.24) is 10.2 Å². The van der Waals surface area contributed by atoms with Crippen LogP contribution in [0.1, 0.15) is 24.0 Å². The lowest BCUT2D eigenvalue weighted by Gasteiger charge is -2.30. The van der Waals surface area contributed by atoms with Gasteiger partial charge in [-0.15, -0.1) is 0 Å². The van der Waals surface area contributed by atoms with Crippen molar-refractivity contribution in [2.24, 2.45) is 4.99 Å². The molecule has 1 N–H and O–H groups in total. The monoisotopic (exact) mass is 315 g/mol. The summed E-state index contributed by atoms with van der Waals surface area (Å²) in [5, 5.41) is 3.24. The molecule has 2 fully saturated rings. The number of ether oxygens (including phenoxy) is 1. The summed E-state index contributed by atoms with van der Waals surface area (Å²) in [4.78, 5) is 19.3. The van der Waals surface area contributed by atoms with Gasteiger partial charge >= 0.3 is 0 Å². The van der Waals surface area contributed by atoms with Crippen molar-refractivity contribution in [3.05, 3.63) is 35.4 Å². The van der Waals surface area contributed by atoms with E-state index in [-0.39, 0.29) is 12.0 Å². The third kappa shape index (κ3) is 3.79.